The molecule has 2 aromatic rings. The first-order valence-corrected chi connectivity index (χ1v) is 9.05. The molecule has 0 aliphatic carbocycles. The predicted octanol–water partition coefficient (Wildman–Crippen LogP) is 3.88. The number of hydrogen-bond donors (Lipinski definition) is 0. The van der Waals surface area contributed by atoms with Crippen LogP contribution in [-0.2, 0) is 10.9 Å². The van der Waals surface area contributed by atoms with E-state index < -0.39 is 29.4 Å². The summed E-state index contributed by atoms with van der Waals surface area (Å²) in [4.78, 5) is 20.4. The summed E-state index contributed by atoms with van der Waals surface area (Å²) in [6, 6.07) is 7.30. The highest BCUT2D eigenvalue weighted by Crippen LogP contribution is 2.39. The third kappa shape index (κ3) is 3.29. The lowest BCUT2D eigenvalue weighted by molar-refractivity contribution is -0.137. The minimum Gasteiger partial charge on any atom is -0.379 e. The van der Waals surface area contributed by atoms with Gasteiger partial charge in [-0.2, -0.15) is 18.4 Å². The van der Waals surface area contributed by atoms with Crippen molar-refractivity contribution in [2.75, 3.05) is 23.0 Å². The maximum Gasteiger partial charge on any atom is 0.417 e. The Kier molecular flexibility index (Phi) is 4.67. The zero-order valence-electron chi connectivity index (χ0n) is 15.5. The van der Waals surface area contributed by atoms with Gasteiger partial charge in [-0.15, -0.1) is 0 Å². The molecular weight excluding hydrogens is 385 g/mol. The molecule has 1 aromatic heterocycles. The summed E-state index contributed by atoms with van der Waals surface area (Å²) in [5.74, 6) is 0. The van der Waals surface area contributed by atoms with Gasteiger partial charge in [-0.25, -0.2) is 4.79 Å². The van der Waals surface area contributed by atoms with Crippen molar-refractivity contribution in [2.45, 2.75) is 31.6 Å². The summed E-state index contributed by atoms with van der Waals surface area (Å²) < 4.78 is 45.8. The van der Waals surface area contributed by atoms with Crippen molar-refractivity contribution >= 4 is 17.4 Å². The largest absolute Gasteiger partial charge is 0.417 e. The number of hydrogen-bond acceptors (Lipinski definition) is 4. The minimum absolute atomic E-state index is 0.0927. The Bertz CT molecular complexity index is 1000. The highest BCUT2D eigenvalue weighted by Gasteiger charge is 2.49. The molecule has 0 saturated carbocycles. The topological polar surface area (TPSA) is 69.5 Å². The number of pyridine rings is 1. The highest BCUT2D eigenvalue weighted by molar-refractivity contribution is 6.07. The molecular formula is C20H17F3N4O2. The molecule has 9 heteroatoms. The number of alkyl halides is 3. The fraction of sp³-hybridized carbons (Fsp3) is 0.350. The van der Waals surface area contributed by atoms with Gasteiger partial charge in [0, 0.05) is 29.9 Å². The number of fused-ring (bicyclic) bond motifs is 1. The van der Waals surface area contributed by atoms with Gasteiger partial charge in [0.15, 0.2) is 0 Å². The number of rotatable bonds is 2. The van der Waals surface area contributed by atoms with Crippen LogP contribution in [0.25, 0.3) is 0 Å². The van der Waals surface area contributed by atoms with Crippen molar-refractivity contribution in [1.29, 1.82) is 5.26 Å². The average molecular weight is 402 g/mol. The molecule has 29 heavy (non-hydrogen) atoms. The Balaban J connectivity index is 1.80. The normalized spacial score (nSPS) is 21.8. The van der Waals surface area contributed by atoms with Crippen LogP contribution in [0.2, 0.25) is 0 Å². The summed E-state index contributed by atoms with van der Waals surface area (Å²) in [7, 11) is 0. The molecule has 0 bridgehead atoms. The van der Waals surface area contributed by atoms with Crippen LogP contribution in [-0.4, -0.2) is 36.3 Å². The summed E-state index contributed by atoms with van der Waals surface area (Å²) >= 11 is 0. The monoisotopic (exact) mass is 402 g/mol. The Labute approximate surface area is 165 Å². The summed E-state index contributed by atoms with van der Waals surface area (Å²) in [6.07, 6.45) is -2.54. The molecule has 2 saturated heterocycles. The molecule has 4 rings (SSSR count). The van der Waals surface area contributed by atoms with E-state index in [-0.39, 0.29) is 18.3 Å². The van der Waals surface area contributed by atoms with E-state index in [1.54, 1.807) is 36.2 Å². The van der Waals surface area contributed by atoms with E-state index in [0.29, 0.717) is 18.7 Å². The van der Waals surface area contributed by atoms with Gasteiger partial charge >= 0.3 is 12.2 Å². The van der Waals surface area contributed by atoms with E-state index in [4.69, 9.17) is 10.00 Å². The molecule has 2 aliphatic rings. The lowest BCUT2D eigenvalue weighted by atomic mass is 10.0. The smallest absolute Gasteiger partial charge is 0.379 e. The Morgan fingerprint density at radius 1 is 1.17 bits per heavy atom. The van der Waals surface area contributed by atoms with Crippen LogP contribution in [0, 0.1) is 18.3 Å². The van der Waals surface area contributed by atoms with Crippen molar-refractivity contribution in [1.82, 2.24) is 4.98 Å². The fourth-order valence-corrected chi connectivity index (χ4v) is 3.96. The van der Waals surface area contributed by atoms with Gasteiger partial charge in [0.05, 0.1) is 35.9 Å². The molecule has 2 fully saturated rings. The number of urea groups is 1. The van der Waals surface area contributed by atoms with E-state index in [1.165, 1.54) is 11.0 Å². The molecule has 6 nitrogen and oxygen atoms in total. The number of nitriles is 1. The minimum atomic E-state index is -4.70. The second-order valence-corrected chi connectivity index (χ2v) is 7.02. The van der Waals surface area contributed by atoms with Crippen LogP contribution >= 0.6 is 0 Å². The molecule has 150 valence electrons. The molecule has 2 amide bonds. The second kappa shape index (κ2) is 7.04. The van der Waals surface area contributed by atoms with Crippen molar-refractivity contribution in [3.05, 3.63) is 53.3 Å². The van der Waals surface area contributed by atoms with Gasteiger partial charge in [-0.3, -0.25) is 14.8 Å². The van der Waals surface area contributed by atoms with E-state index in [1.807, 2.05) is 0 Å². The molecule has 0 spiro atoms. The molecule has 3 heterocycles. The van der Waals surface area contributed by atoms with Crippen LogP contribution in [0.15, 0.2) is 36.5 Å². The van der Waals surface area contributed by atoms with Crippen molar-refractivity contribution in [3.8, 4) is 6.07 Å². The van der Waals surface area contributed by atoms with Crippen LogP contribution in [0.3, 0.4) is 0 Å². The quantitative estimate of drug-likeness (QED) is 0.764. The van der Waals surface area contributed by atoms with Crippen LogP contribution in [0.4, 0.5) is 29.3 Å². The zero-order valence-corrected chi connectivity index (χ0v) is 15.5. The van der Waals surface area contributed by atoms with Crippen LogP contribution < -0.4 is 9.80 Å². The van der Waals surface area contributed by atoms with Crippen molar-refractivity contribution in [3.63, 3.8) is 0 Å². The number of amides is 2. The first kappa shape index (κ1) is 19.2. The number of benzene rings is 1. The SMILES string of the molecule is Cc1cc(N2C(=O)N(c3ccc(C#N)c(C(F)(F)F)c3)[C@@H]3COCC[C@H]32)ccn1. The molecule has 2 atom stereocenters. The van der Waals surface area contributed by atoms with Gasteiger partial charge in [-0.05, 0) is 43.7 Å². The van der Waals surface area contributed by atoms with Crippen molar-refractivity contribution in [2.24, 2.45) is 0 Å². The summed E-state index contributed by atoms with van der Waals surface area (Å²) in [5.41, 5.74) is -0.0699. The van der Waals surface area contributed by atoms with Gasteiger partial charge < -0.3 is 4.74 Å². The number of aryl methyl sites for hydroxylation is 1. The zero-order chi connectivity index (χ0) is 20.8. The number of halogens is 3. The number of aromatic nitrogens is 1. The Hall–Kier alpha value is -3.12. The Morgan fingerprint density at radius 3 is 2.59 bits per heavy atom. The van der Waals surface area contributed by atoms with Crippen molar-refractivity contribution < 1.29 is 22.7 Å². The second-order valence-electron chi connectivity index (χ2n) is 7.02. The number of carbonyl (C=O) groups is 1. The standard InChI is InChI=1S/C20H17F3N4O2/c1-12-8-15(4-6-25-12)26-17-5-7-29-11-18(17)27(19(26)28)14-3-2-13(10-24)16(9-14)20(21,22)23/h2-4,6,8-9,17-18H,5,7,11H2,1H3/t17-,18-/m1/s1. The first-order valence-electron chi connectivity index (χ1n) is 9.05. The van der Waals surface area contributed by atoms with E-state index >= 15 is 0 Å². The summed E-state index contributed by atoms with van der Waals surface area (Å²) in [5, 5.41) is 9.03. The average Bonchev–Trinajstić information content (AvgIpc) is 2.98. The molecule has 0 radical (unpaired) electrons. The molecule has 1 aromatic carbocycles. The maximum atomic E-state index is 13.4. The predicted molar refractivity (Wildman–Crippen MR) is 98.5 cm³/mol. The molecule has 0 unspecified atom stereocenters. The lowest BCUT2D eigenvalue weighted by Crippen LogP contribution is -2.45. The fourth-order valence-electron chi connectivity index (χ4n) is 3.96. The number of carbonyl (C=O) groups excluding carboxylic acids is 1. The van der Waals surface area contributed by atoms with Gasteiger partial charge in [0.25, 0.3) is 0 Å². The van der Waals surface area contributed by atoms with E-state index in [2.05, 4.69) is 4.98 Å². The first-order chi connectivity index (χ1) is 13.8. The van der Waals surface area contributed by atoms with E-state index in [0.717, 1.165) is 17.8 Å². The number of ether oxygens (including phenoxy) is 1. The molecule has 0 N–H and O–H groups in total. The number of nitrogens with zero attached hydrogens (tertiary/aromatic N) is 4. The third-order valence-corrected chi connectivity index (χ3v) is 5.23. The highest BCUT2D eigenvalue weighted by atomic mass is 19.4. The summed E-state index contributed by atoms with van der Waals surface area (Å²) in [6.45, 7) is 2.49. The van der Waals surface area contributed by atoms with Crippen LogP contribution in [0.1, 0.15) is 23.2 Å². The van der Waals surface area contributed by atoms with Gasteiger partial charge in [0.1, 0.15) is 0 Å². The molecule has 2 aliphatic heterocycles. The van der Waals surface area contributed by atoms with Crippen LogP contribution in [0.5, 0.6) is 0 Å². The maximum absolute atomic E-state index is 13.4. The van der Waals surface area contributed by atoms with Gasteiger partial charge in [0.2, 0.25) is 0 Å². The lowest BCUT2D eigenvalue weighted by Gasteiger charge is -2.32. The third-order valence-electron chi connectivity index (χ3n) is 5.23. The number of anilines is 2. The Morgan fingerprint density at radius 2 is 1.90 bits per heavy atom. The van der Waals surface area contributed by atoms with Gasteiger partial charge in [-0.1, -0.05) is 0 Å². The van der Waals surface area contributed by atoms with E-state index in [9.17, 15) is 18.0 Å².